The number of aliphatic hydroxyl groups is 1. The van der Waals surface area contributed by atoms with Gasteiger partial charge in [0.15, 0.2) is 0 Å². The Hall–Kier alpha value is -1.60. The Morgan fingerprint density at radius 2 is 2.04 bits per heavy atom. The third kappa shape index (κ3) is 4.94. The molecule has 1 aromatic rings. The van der Waals surface area contributed by atoms with Gasteiger partial charge in [0, 0.05) is 19.2 Å². The molecular weight excluding hydrogens is 322 g/mol. The van der Waals surface area contributed by atoms with Crippen molar-refractivity contribution in [3.63, 3.8) is 0 Å². The molecule has 1 saturated heterocycles. The van der Waals surface area contributed by atoms with Crippen LogP contribution in [-0.2, 0) is 11.3 Å². The van der Waals surface area contributed by atoms with Crippen molar-refractivity contribution in [2.75, 3.05) is 13.1 Å². The van der Waals surface area contributed by atoms with Crippen LogP contribution in [0.3, 0.4) is 0 Å². The van der Waals surface area contributed by atoms with Crippen LogP contribution < -0.4 is 5.56 Å². The van der Waals surface area contributed by atoms with Crippen molar-refractivity contribution < 1.29 is 14.6 Å². The van der Waals surface area contributed by atoms with Gasteiger partial charge in [-0.3, -0.25) is 9.36 Å². The topological polar surface area (TPSA) is 84.7 Å². The number of piperidine rings is 1. The summed E-state index contributed by atoms with van der Waals surface area (Å²) in [5, 5.41) is 10.8. The van der Waals surface area contributed by atoms with Gasteiger partial charge in [-0.25, -0.2) is 9.78 Å². The van der Waals surface area contributed by atoms with E-state index in [4.69, 9.17) is 16.3 Å². The van der Waals surface area contributed by atoms with E-state index in [1.807, 2.05) is 20.8 Å². The second-order valence-corrected chi connectivity index (χ2v) is 7.26. The predicted molar refractivity (Wildman–Crippen MR) is 85.5 cm³/mol. The fourth-order valence-corrected chi connectivity index (χ4v) is 2.57. The Labute approximate surface area is 139 Å². The maximum absolute atomic E-state index is 12.0. The first-order valence-electron chi connectivity index (χ1n) is 7.50. The summed E-state index contributed by atoms with van der Waals surface area (Å²) >= 11 is 5.66. The summed E-state index contributed by atoms with van der Waals surface area (Å²) in [7, 11) is 0. The second kappa shape index (κ2) is 6.49. The minimum Gasteiger partial charge on any atom is -0.444 e. The first kappa shape index (κ1) is 17.7. The molecule has 8 heteroatoms. The molecule has 1 aromatic heterocycles. The Morgan fingerprint density at radius 3 is 2.57 bits per heavy atom. The van der Waals surface area contributed by atoms with E-state index in [-0.39, 0.29) is 23.4 Å². The zero-order valence-electron chi connectivity index (χ0n) is 13.6. The molecule has 1 aliphatic heterocycles. The molecule has 0 atom stereocenters. The van der Waals surface area contributed by atoms with Crippen LogP contribution in [0.25, 0.3) is 0 Å². The number of halogens is 1. The zero-order valence-corrected chi connectivity index (χ0v) is 14.3. The number of hydrogen-bond donors (Lipinski definition) is 1. The average Bonchev–Trinajstić information content (AvgIpc) is 2.41. The molecule has 23 heavy (non-hydrogen) atoms. The average molecular weight is 344 g/mol. The number of nitrogens with zero attached hydrogens (tertiary/aromatic N) is 3. The maximum Gasteiger partial charge on any atom is 0.410 e. The Kier molecular flexibility index (Phi) is 5.01. The van der Waals surface area contributed by atoms with E-state index in [9.17, 15) is 14.7 Å². The summed E-state index contributed by atoms with van der Waals surface area (Å²) in [4.78, 5) is 29.3. The summed E-state index contributed by atoms with van der Waals surface area (Å²) in [5.74, 6) is 0. The molecule has 0 aliphatic carbocycles. The van der Waals surface area contributed by atoms with Crippen molar-refractivity contribution >= 4 is 17.7 Å². The van der Waals surface area contributed by atoms with E-state index in [0.29, 0.717) is 25.9 Å². The lowest BCUT2D eigenvalue weighted by atomic mass is 9.91. The van der Waals surface area contributed by atoms with Crippen LogP contribution in [0.15, 0.2) is 17.2 Å². The first-order chi connectivity index (χ1) is 10.6. The highest BCUT2D eigenvalue weighted by atomic mass is 35.5. The van der Waals surface area contributed by atoms with Gasteiger partial charge in [0.25, 0.3) is 5.56 Å². The Balaban J connectivity index is 1.97. The first-order valence-corrected chi connectivity index (χ1v) is 7.88. The van der Waals surface area contributed by atoms with Crippen molar-refractivity contribution in [1.82, 2.24) is 14.5 Å². The second-order valence-electron chi connectivity index (χ2n) is 6.87. The number of rotatable bonds is 2. The minimum absolute atomic E-state index is 0.123. The molecule has 0 spiro atoms. The third-order valence-electron chi connectivity index (χ3n) is 3.66. The van der Waals surface area contributed by atoms with Crippen LogP contribution in [0.5, 0.6) is 0 Å². The van der Waals surface area contributed by atoms with Gasteiger partial charge in [0.1, 0.15) is 10.8 Å². The molecule has 1 fully saturated rings. The van der Waals surface area contributed by atoms with E-state index < -0.39 is 11.2 Å². The standard InChI is InChI=1S/C15H22ClN3O4/c1-14(2,3)23-13(21)18-6-4-15(22,5-7-18)9-19-10-17-11(16)8-12(19)20/h8,10,22H,4-7,9H2,1-3H3. The van der Waals surface area contributed by atoms with Gasteiger partial charge < -0.3 is 14.7 Å². The van der Waals surface area contributed by atoms with Gasteiger partial charge >= 0.3 is 6.09 Å². The largest absolute Gasteiger partial charge is 0.444 e. The number of hydrogen-bond acceptors (Lipinski definition) is 5. The van der Waals surface area contributed by atoms with E-state index in [0.717, 1.165) is 0 Å². The molecule has 2 heterocycles. The fourth-order valence-electron chi connectivity index (χ4n) is 2.43. The van der Waals surface area contributed by atoms with Gasteiger partial charge in [0.2, 0.25) is 0 Å². The summed E-state index contributed by atoms with van der Waals surface area (Å²) in [6.07, 6.45) is 1.66. The van der Waals surface area contributed by atoms with Gasteiger partial charge in [-0.15, -0.1) is 0 Å². The third-order valence-corrected chi connectivity index (χ3v) is 3.86. The highest BCUT2D eigenvalue weighted by Gasteiger charge is 2.35. The van der Waals surface area contributed by atoms with E-state index >= 15 is 0 Å². The molecule has 2 rings (SSSR count). The number of carbonyl (C=O) groups excluding carboxylic acids is 1. The maximum atomic E-state index is 12.0. The number of likely N-dealkylation sites (tertiary alicyclic amines) is 1. The van der Waals surface area contributed by atoms with Gasteiger partial charge in [-0.05, 0) is 33.6 Å². The molecule has 1 amide bonds. The molecule has 0 saturated carbocycles. The molecule has 1 N–H and O–H groups in total. The summed E-state index contributed by atoms with van der Waals surface area (Å²) in [6.45, 7) is 6.31. The highest BCUT2D eigenvalue weighted by molar-refractivity contribution is 6.29. The van der Waals surface area contributed by atoms with Crippen molar-refractivity contribution in [2.45, 2.75) is 51.4 Å². The normalized spacial score (nSPS) is 17.9. The zero-order chi connectivity index (χ0) is 17.3. The number of aromatic nitrogens is 2. The molecule has 128 valence electrons. The van der Waals surface area contributed by atoms with Crippen LogP contribution in [0, 0.1) is 0 Å². The summed E-state index contributed by atoms with van der Waals surface area (Å²) < 4.78 is 6.65. The van der Waals surface area contributed by atoms with Gasteiger partial charge in [-0.1, -0.05) is 11.6 Å². The lowest BCUT2D eigenvalue weighted by Gasteiger charge is -2.38. The molecule has 0 radical (unpaired) electrons. The van der Waals surface area contributed by atoms with Crippen LogP contribution >= 0.6 is 11.6 Å². The summed E-state index contributed by atoms with van der Waals surface area (Å²) in [6, 6.07) is 1.21. The molecule has 1 aliphatic rings. The Bertz CT molecular complexity index is 630. The molecule has 0 aromatic carbocycles. The lowest BCUT2D eigenvalue weighted by Crippen LogP contribution is -2.50. The van der Waals surface area contributed by atoms with Crippen LogP contribution in [0.2, 0.25) is 5.15 Å². The van der Waals surface area contributed by atoms with Crippen LogP contribution in [0.1, 0.15) is 33.6 Å². The number of amides is 1. The molecule has 7 nitrogen and oxygen atoms in total. The monoisotopic (exact) mass is 343 g/mol. The van der Waals surface area contributed by atoms with Crippen LogP contribution in [0.4, 0.5) is 4.79 Å². The van der Waals surface area contributed by atoms with E-state index in [1.165, 1.54) is 17.0 Å². The Morgan fingerprint density at radius 1 is 1.43 bits per heavy atom. The van der Waals surface area contributed by atoms with Crippen molar-refractivity contribution in [1.29, 1.82) is 0 Å². The lowest BCUT2D eigenvalue weighted by molar-refractivity contribution is -0.0420. The molecule has 0 bridgehead atoms. The fraction of sp³-hybridized carbons (Fsp3) is 0.667. The number of ether oxygens (including phenoxy) is 1. The predicted octanol–water partition coefficient (Wildman–Crippen LogP) is 1.66. The van der Waals surface area contributed by atoms with Crippen molar-refractivity contribution in [2.24, 2.45) is 0 Å². The molecular formula is C15H22ClN3O4. The van der Waals surface area contributed by atoms with Gasteiger partial charge in [0.05, 0.1) is 18.5 Å². The highest BCUT2D eigenvalue weighted by Crippen LogP contribution is 2.25. The number of carbonyl (C=O) groups is 1. The SMILES string of the molecule is CC(C)(C)OC(=O)N1CCC(O)(Cn2cnc(Cl)cc2=O)CC1. The van der Waals surface area contributed by atoms with E-state index in [1.54, 1.807) is 4.90 Å². The summed E-state index contributed by atoms with van der Waals surface area (Å²) in [5.41, 5.74) is -1.92. The quantitative estimate of drug-likeness (QED) is 0.825. The van der Waals surface area contributed by atoms with Crippen molar-refractivity contribution in [3.8, 4) is 0 Å². The minimum atomic E-state index is -1.06. The van der Waals surface area contributed by atoms with Crippen molar-refractivity contribution in [3.05, 3.63) is 27.9 Å². The van der Waals surface area contributed by atoms with Gasteiger partial charge in [-0.2, -0.15) is 0 Å². The molecule has 0 unspecified atom stereocenters. The van der Waals surface area contributed by atoms with E-state index in [2.05, 4.69) is 4.98 Å². The van der Waals surface area contributed by atoms with Crippen LogP contribution in [-0.4, -0.2) is 49.9 Å². The smallest absolute Gasteiger partial charge is 0.410 e.